The summed E-state index contributed by atoms with van der Waals surface area (Å²) in [5.41, 5.74) is 2.43. The molecule has 1 N–H and O–H groups in total. The summed E-state index contributed by atoms with van der Waals surface area (Å²) >= 11 is 6.10. The summed E-state index contributed by atoms with van der Waals surface area (Å²) in [5.74, 6) is -0.456. The van der Waals surface area contributed by atoms with Gasteiger partial charge in [0.15, 0.2) is 0 Å². The number of para-hydroxylation sites is 1. The maximum absolute atomic E-state index is 12.6. The first-order chi connectivity index (χ1) is 11.1. The van der Waals surface area contributed by atoms with Crippen LogP contribution in [0.2, 0.25) is 5.02 Å². The Morgan fingerprint density at radius 2 is 1.83 bits per heavy atom. The third-order valence-corrected chi connectivity index (χ3v) is 4.28. The van der Waals surface area contributed by atoms with Crippen molar-refractivity contribution in [1.82, 2.24) is 0 Å². The van der Waals surface area contributed by atoms with Crippen LogP contribution < -0.4 is 10.2 Å². The van der Waals surface area contributed by atoms with Gasteiger partial charge in [0.2, 0.25) is 5.91 Å². The number of carbonyl (C=O) groups excluding carboxylic acids is 2. The lowest BCUT2D eigenvalue weighted by Crippen LogP contribution is -2.34. The monoisotopic (exact) mass is 328 g/mol. The Kier molecular flexibility index (Phi) is 4.35. The van der Waals surface area contributed by atoms with Crippen LogP contribution in [0.5, 0.6) is 0 Å². The zero-order valence-corrected chi connectivity index (χ0v) is 13.5. The summed E-state index contributed by atoms with van der Waals surface area (Å²) in [5, 5.41) is 3.59. The van der Waals surface area contributed by atoms with E-state index in [4.69, 9.17) is 11.6 Å². The van der Waals surface area contributed by atoms with Crippen LogP contribution in [0.1, 0.15) is 18.9 Å². The van der Waals surface area contributed by atoms with Gasteiger partial charge >= 0.3 is 0 Å². The highest BCUT2D eigenvalue weighted by Crippen LogP contribution is 2.28. The normalized spacial score (nSPS) is 17.7. The second kappa shape index (κ2) is 6.42. The van der Waals surface area contributed by atoms with Crippen LogP contribution in [0.25, 0.3) is 0 Å². The number of carbonyl (C=O) groups is 2. The van der Waals surface area contributed by atoms with Gasteiger partial charge in [0.05, 0.1) is 22.8 Å². The molecule has 23 heavy (non-hydrogen) atoms. The second-order valence-electron chi connectivity index (χ2n) is 5.47. The Morgan fingerprint density at radius 3 is 2.48 bits per heavy atom. The molecular weight excluding hydrogens is 312 g/mol. The molecule has 0 unspecified atom stereocenters. The van der Waals surface area contributed by atoms with Crippen LogP contribution in [-0.2, 0) is 16.0 Å². The topological polar surface area (TPSA) is 49.4 Å². The lowest BCUT2D eigenvalue weighted by molar-refractivity contribution is -0.121. The standard InChI is InChI=1S/C18H17ClN2O2/c1-2-12-7-9-13(10-8-12)21-17(22)11-16(18(21)23)20-15-6-4-3-5-14(15)19/h3-10,16,20H,2,11H2,1H3/t16-/m0/s1. The van der Waals surface area contributed by atoms with Gasteiger partial charge in [-0.3, -0.25) is 9.59 Å². The average Bonchev–Trinajstić information content (AvgIpc) is 2.84. The molecule has 0 radical (unpaired) electrons. The fourth-order valence-electron chi connectivity index (χ4n) is 2.66. The van der Waals surface area contributed by atoms with E-state index in [-0.39, 0.29) is 18.2 Å². The number of hydrogen-bond donors (Lipinski definition) is 1. The van der Waals surface area contributed by atoms with Crippen molar-refractivity contribution < 1.29 is 9.59 Å². The molecule has 1 aliphatic heterocycles. The molecule has 4 nitrogen and oxygen atoms in total. The van der Waals surface area contributed by atoms with Crippen LogP contribution >= 0.6 is 11.6 Å². The highest BCUT2D eigenvalue weighted by Gasteiger charge is 2.39. The van der Waals surface area contributed by atoms with Gasteiger partial charge in [-0.1, -0.05) is 42.8 Å². The van der Waals surface area contributed by atoms with Crippen LogP contribution in [0.4, 0.5) is 11.4 Å². The summed E-state index contributed by atoms with van der Waals surface area (Å²) < 4.78 is 0. The lowest BCUT2D eigenvalue weighted by atomic mass is 10.1. The van der Waals surface area contributed by atoms with Crippen molar-refractivity contribution in [1.29, 1.82) is 0 Å². The minimum absolute atomic E-state index is 0.125. The van der Waals surface area contributed by atoms with E-state index in [9.17, 15) is 9.59 Å². The van der Waals surface area contributed by atoms with E-state index in [0.717, 1.165) is 6.42 Å². The molecular formula is C18H17ClN2O2. The zero-order chi connectivity index (χ0) is 16.4. The minimum atomic E-state index is -0.590. The number of nitrogens with zero attached hydrogens (tertiary/aromatic N) is 1. The van der Waals surface area contributed by atoms with Crippen molar-refractivity contribution in [2.24, 2.45) is 0 Å². The van der Waals surface area contributed by atoms with Crippen molar-refractivity contribution in [2.75, 3.05) is 10.2 Å². The fraction of sp³-hybridized carbons (Fsp3) is 0.222. The predicted molar refractivity (Wildman–Crippen MR) is 91.8 cm³/mol. The lowest BCUT2D eigenvalue weighted by Gasteiger charge is -2.17. The van der Waals surface area contributed by atoms with E-state index in [1.807, 2.05) is 36.4 Å². The number of halogens is 1. The number of hydrogen-bond acceptors (Lipinski definition) is 3. The first-order valence-corrected chi connectivity index (χ1v) is 7.94. The van der Waals surface area contributed by atoms with E-state index >= 15 is 0 Å². The Bertz CT molecular complexity index is 743. The number of benzene rings is 2. The maximum atomic E-state index is 12.6. The van der Waals surface area contributed by atoms with Gasteiger partial charge in [0.1, 0.15) is 6.04 Å². The first-order valence-electron chi connectivity index (χ1n) is 7.57. The van der Waals surface area contributed by atoms with Crippen molar-refractivity contribution in [3.05, 3.63) is 59.1 Å². The molecule has 1 fully saturated rings. The summed E-state index contributed by atoms with van der Waals surface area (Å²) in [6.45, 7) is 2.06. The van der Waals surface area contributed by atoms with E-state index in [2.05, 4.69) is 12.2 Å². The molecule has 5 heteroatoms. The van der Waals surface area contributed by atoms with Crippen molar-refractivity contribution in [2.45, 2.75) is 25.8 Å². The number of anilines is 2. The quantitative estimate of drug-likeness (QED) is 0.872. The number of rotatable bonds is 4. The summed E-state index contributed by atoms with van der Waals surface area (Å²) in [4.78, 5) is 26.1. The third kappa shape index (κ3) is 3.08. The van der Waals surface area contributed by atoms with Crippen LogP contribution in [0.3, 0.4) is 0 Å². The number of aryl methyl sites for hydroxylation is 1. The molecule has 0 saturated carbocycles. The highest BCUT2D eigenvalue weighted by atomic mass is 35.5. The molecule has 2 aromatic carbocycles. The van der Waals surface area contributed by atoms with Gasteiger partial charge in [0, 0.05) is 0 Å². The van der Waals surface area contributed by atoms with Crippen LogP contribution in [0, 0.1) is 0 Å². The van der Waals surface area contributed by atoms with Crippen LogP contribution in [-0.4, -0.2) is 17.9 Å². The Balaban J connectivity index is 1.80. The Labute approximate surface area is 140 Å². The molecule has 0 spiro atoms. The maximum Gasteiger partial charge on any atom is 0.256 e. The van der Waals surface area contributed by atoms with E-state index in [1.165, 1.54) is 10.5 Å². The molecule has 1 atom stereocenters. The van der Waals surface area contributed by atoms with Gasteiger partial charge in [-0.2, -0.15) is 0 Å². The van der Waals surface area contributed by atoms with Gasteiger partial charge in [-0.25, -0.2) is 4.90 Å². The van der Waals surface area contributed by atoms with E-state index < -0.39 is 6.04 Å². The second-order valence-corrected chi connectivity index (χ2v) is 5.88. The van der Waals surface area contributed by atoms with Gasteiger partial charge in [-0.05, 0) is 36.2 Å². The van der Waals surface area contributed by atoms with Crippen molar-refractivity contribution in [3.63, 3.8) is 0 Å². The molecule has 2 aromatic rings. The molecule has 0 aromatic heterocycles. The van der Waals surface area contributed by atoms with Crippen LogP contribution in [0.15, 0.2) is 48.5 Å². The molecule has 1 heterocycles. The molecule has 2 amide bonds. The molecule has 0 aliphatic carbocycles. The Hall–Kier alpha value is -2.33. The van der Waals surface area contributed by atoms with E-state index in [1.54, 1.807) is 12.1 Å². The molecule has 1 saturated heterocycles. The smallest absolute Gasteiger partial charge is 0.256 e. The van der Waals surface area contributed by atoms with Crippen molar-refractivity contribution in [3.8, 4) is 0 Å². The largest absolute Gasteiger partial charge is 0.372 e. The first kappa shape index (κ1) is 15.6. The van der Waals surface area contributed by atoms with E-state index in [0.29, 0.717) is 16.4 Å². The number of imide groups is 1. The predicted octanol–water partition coefficient (Wildman–Crippen LogP) is 3.65. The SMILES string of the molecule is CCc1ccc(N2C(=O)C[C@H](Nc3ccccc3Cl)C2=O)cc1. The number of amides is 2. The zero-order valence-electron chi connectivity index (χ0n) is 12.8. The third-order valence-electron chi connectivity index (χ3n) is 3.95. The summed E-state index contributed by atoms with van der Waals surface area (Å²) in [7, 11) is 0. The summed E-state index contributed by atoms with van der Waals surface area (Å²) in [6.07, 6.45) is 1.04. The van der Waals surface area contributed by atoms with Gasteiger partial charge in [-0.15, -0.1) is 0 Å². The molecule has 118 valence electrons. The summed E-state index contributed by atoms with van der Waals surface area (Å²) in [6, 6.07) is 14.1. The number of nitrogens with one attached hydrogen (secondary N) is 1. The van der Waals surface area contributed by atoms with Gasteiger partial charge in [0.25, 0.3) is 5.91 Å². The fourth-order valence-corrected chi connectivity index (χ4v) is 2.85. The molecule has 0 bridgehead atoms. The minimum Gasteiger partial charge on any atom is -0.372 e. The highest BCUT2D eigenvalue weighted by molar-refractivity contribution is 6.33. The van der Waals surface area contributed by atoms with Crippen molar-refractivity contribution >= 4 is 34.8 Å². The van der Waals surface area contributed by atoms with Gasteiger partial charge < -0.3 is 5.32 Å². The molecule has 1 aliphatic rings. The molecule has 3 rings (SSSR count). The average molecular weight is 329 g/mol. The Morgan fingerprint density at radius 1 is 1.13 bits per heavy atom.